The van der Waals surface area contributed by atoms with Gasteiger partial charge < -0.3 is 9.47 Å². The molecule has 2 aromatic carbocycles. The average Bonchev–Trinajstić information content (AvgIpc) is 2.89. The lowest BCUT2D eigenvalue weighted by Gasteiger charge is -2.13. The zero-order valence-corrected chi connectivity index (χ0v) is 12.4. The van der Waals surface area contributed by atoms with E-state index in [1.165, 1.54) is 10.5 Å². The Kier molecular flexibility index (Phi) is 4.28. The Morgan fingerprint density at radius 3 is 2.95 bits per heavy atom. The van der Waals surface area contributed by atoms with Gasteiger partial charge in [0.2, 0.25) is 0 Å². The molecule has 0 spiro atoms. The number of thioether (sulfide) groups is 1. The fourth-order valence-electron chi connectivity index (χ4n) is 2.46. The Balaban J connectivity index is 1.64. The summed E-state index contributed by atoms with van der Waals surface area (Å²) in [7, 11) is 1.71. The molecule has 1 unspecified atom stereocenters. The number of hydrogen-bond donors (Lipinski definition) is 0. The Labute approximate surface area is 124 Å². The predicted octanol–water partition coefficient (Wildman–Crippen LogP) is 4.10. The lowest BCUT2D eigenvalue weighted by atomic mass is 10.0. The molecule has 0 amide bonds. The second-order valence-corrected chi connectivity index (χ2v) is 6.00. The van der Waals surface area contributed by atoms with Gasteiger partial charge in [0.15, 0.2) is 0 Å². The van der Waals surface area contributed by atoms with Crippen molar-refractivity contribution >= 4 is 11.8 Å². The molecule has 1 aliphatic rings. The first-order valence-electron chi connectivity index (χ1n) is 6.79. The number of benzene rings is 2. The maximum atomic E-state index is 5.96. The van der Waals surface area contributed by atoms with Crippen LogP contribution in [0.3, 0.4) is 0 Å². The topological polar surface area (TPSA) is 18.5 Å². The van der Waals surface area contributed by atoms with Crippen LogP contribution in [0.5, 0.6) is 5.75 Å². The largest absolute Gasteiger partial charge is 0.493 e. The van der Waals surface area contributed by atoms with Crippen molar-refractivity contribution in [2.24, 2.45) is 0 Å². The molecular weight excluding hydrogens is 268 g/mol. The van der Waals surface area contributed by atoms with Gasteiger partial charge in [0.1, 0.15) is 5.75 Å². The minimum absolute atomic E-state index is 0.488. The summed E-state index contributed by atoms with van der Waals surface area (Å²) in [6, 6.07) is 16.7. The molecule has 0 radical (unpaired) electrons. The fraction of sp³-hybridized carbons (Fsp3) is 0.294. The molecule has 104 valence electrons. The predicted molar refractivity (Wildman–Crippen MR) is 82.6 cm³/mol. The molecule has 0 bridgehead atoms. The van der Waals surface area contributed by atoms with Crippen LogP contribution in [0.2, 0.25) is 0 Å². The summed E-state index contributed by atoms with van der Waals surface area (Å²) >= 11 is 1.92. The summed E-state index contributed by atoms with van der Waals surface area (Å²) in [5.41, 5.74) is 2.57. The third-order valence-corrected chi connectivity index (χ3v) is 4.71. The van der Waals surface area contributed by atoms with Gasteiger partial charge in [0.05, 0.1) is 13.2 Å². The highest BCUT2D eigenvalue weighted by molar-refractivity contribution is 7.99. The number of hydrogen-bond acceptors (Lipinski definition) is 3. The molecule has 2 aromatic rings. The van der Waals surface area contributed by atoms with E-state index < -0.39 is 0 Å². The van der Waals surface area contributed by atoms with Crippen molar-refractivity contribution in [1.82, 2.24) is 0 Å². The first kappa shape index (κ1) is 13.5. The first-order valence-corrected chi connectivity index (χ1v) is 7.78. The molecule has 0 fully saturated rings. The van der Waals surface area contributed by atoms with Crippen molar-refractivity contribution in [2.45, 2.75) is 17.4 Å². The first-order chi connectivity index (χ1) is 9.86. The summed E-state index contributed by atoms with van der Waals surface area (Å²) < 4.78 is 11.1. The molecule has 0 saturated carbocycles. The third-order valence-electron chi connectivity index (χ3n) is 3.46. The van der Waals surface area contributed by atoms with E-state index in [9.17, 15) is 0 Å². The van der Waals surface area contributed by atoms with Crippen LogP contribution in [0.4, 0.5) is 0 Å². The summed E-state index contributed by atoms with van der Waals surface area (Å²) in [5, 5.41) is 0. The monoisotopic (exact) mass is 286 g/mol. The number of ether oxygens (including phenoxy) is 2. The summed E-state index contributed by atoms with van der Waals surface area (Å²) in [5.74, 6) is 2.52. The minimum atomic E-state index is 0.488. The number of rotatable bonds is 5. The molecule has 1 atom stereocenters. The highest BCUT2D eigenvalue weighted by Crippen LogP contribution is 2.39. The molecule has 0 saturated heterocycles. The molecule has 2 nitrogen and oxygen atoms in total. The molecule has 0 N–H and O–H groups in total. The van der Waals surface area contributed by atoms with E-state index in [4.69, 9.17) is 9.47 Å². The Bertz CT molecular complexity index is 583. The quantitative estimate of drug-likeness (QED) is 0.824. The molecule has 20 heavy (non-hydrogen) atoms. The van der Waals surface area contributed by atoms with Gasteiger partial charge in [-0.15, -0.1) is 11.8 Å². The highest BCUT2D eigenvalue weighted by Gasteiger charge is 2.23. The van der Waals surface area contributed by atoms with Crippen LogP contribution < -0.4 is 4.74 Å². The highest BCUT2D eigenvalue weighted by atomic mass is 32.2. The molecule has 1 aliphatic heterocycles. The van der Waals surface area contributed by atoms with Gasteiger partial charge in [0, 0.05) is 23.7 Å². The minimum Gasteiger partial charge on any atom is -0.493 e. The summed E-state index contributed by atoms with van der Waals surface area (Å²) in [6.45, 7) is 1.36. The lowest BCUT2D eigenvalue weighted by molar-refractivity contribution is 0.184. The second kappa shape index (κ2) is 6.33. The van der Waals surface area contributed by atoms with E-state index in [1.807, 2.05) is 23.9 Å². The molecule has 0 aromatic heterocycles. The maximum absolute atomic E-state index is 5.96. The number of fused-ring (bicyclic) bond motifs is 1. The van der Waals surface area contributed by atoms with E-state index in [-0.39, 0.29) is 0 Å². The van der Waals surface area contributed by atoms with E-state index >= 15 is 0 Å². The van der Waals surface area contributed by atoms with E-state index in [1.54, 1.807) is 7.11 Å². The van der Waals surface area contributed by atoms with Gasteiger partial charge in [0.25, 0.3) is 0 Å². The Morgan fingerprint density at radius 1 is 1.15 bits per heavy atom. The summed E-state index contributed by atoms with van der Waals surface area (Å²) in [4.78, 5) is 1.40. The molecule has 0 aliphatic carbocycles. The Hall–Kier alpha value is -1.45. The second-order valence-electron chi connectivity index (χ2n) is 4.94. The zero-order chi connectivity index (χ0) is 13.8. The van der Waals surface area contributed by atoms with Gasteiger partial charge in [-0.05, 0) is 29.3 Å². The Morgan fingerprint density at radius 2 is 2.05 bits per heavy atom. The van der Waals surface area contributed by atoms with Crippen LogP contribution in [0.1, 0.15) is 17.0 Å². The molecular formula is C17H18O2S. The van der Waals surface area contributed by atoms with E-state index in [0.29, 0.717) is 12.5 Å². The smallest absolute Gasteiger partial charge is 0.119 e. The van der Waals surface area contributed by atoms with Gasteiger partial charge in [-0.1, -0.05) is 30.3 Å². The summed E-state index contributed by atoms with van der Waals surface area (Å²) in [6.07, 6.45) is 0. The number of methoxy groups -OCH3 is 1. The van der Waals surface area contributed by atoms with Crippen LogP contribution in [-0.2, 0) is 11.3 Å². The van der Waals surface area contributed by atoms with Crippen molar-refractivity contribution in [2.75, 3.05) is 19.5 Å². The molecule has 3 heteroatoms. The maximum Gasteiger partial charge on any atom is 0.119 e. The molecule has 3 rings (SSSR count). The van der Waals surface area contributed by atoms with Crippen molar-refractivity contribution in [3.05, 3.63) is 59.7 Å². The zero-order valence-electron chi connectivity index (χ0n) is 11.5. The van der Waals surface area contributed by atoms with Crippen molar-refractivity contribution < 1.29 is 9.47 Å². The van der Waals surface area contributed by atoms with Crippen LogP contribution >= 0.6 is 11.8 Å². The lowest BCUT2D eigenvalue weighted by Crippen LogP contribution is -2.09. The average molecular weight is 286 g/mol. The van der Waals surface area contributed by atoms with Gasteiger partial charge in [-0.25, -0.2) is 0 Å². The van der Waals surface area contributed by atoms with Crippen LogP contribution in [-0.4, -0.2) is 19.5 Å². The van der Waals surface area contributed by atoms with Gasteiger partial charge in [-0.2, -0.15) is 0 Å². The van der Waals surface area contributed by atoms with E-state index in [0.717, 1.165) is 23.7 Å². The molecule has 1 heterocycles. The normalized spacial score (nSPS) is 16.9. The van der Waals surface area contributed by atoms with E-state index in [2.05, 4.69) is 36.4 Å². The van der Waals surface area contributed by atoms with Crippen LogP contribution in [0, 0.1) is 0 Å². The third kappa shape index (κ3) is 3.00. The van der Waals surface area contributed by atoms with Gasteiger partial charge in [-0.3, -0.25) is 0 Å². The van der Waals surface area contributed by atoms with Crippen LogP contribution in [0.15, 0.2) is 53.4 Å². The SMILES string of the molecule is COCc1cccc(OCC2CSc3ccccc32)c1. The van der Waals surface area contributed by atoms with Gasteiger partial charge >= 0.3 is 0 Å². The van der Waals surface area contributed by atoms with Crippen molar-refractivity contribution in [3.63, 3.8) is 0 Å². The fourth-order valence-corrected chi connectivity index (χ4v) is 3.69. The standard InChI is InChI=1S/C17H18O2S/c1-18-10-13-5-4-6-15(9-13)19-11-14-12-20-17-8-3-2-7-16(14)17/h2-9,14H,10-12H2,1H3. The van der Waals surface area contributed by atoms with Crippen molar-refractivity contribution in [3.8, 4) is 5.75 Å². The van der Waals surface area contributed by atoms with Crippen LogP contribution in [0.25, 0.3) is 0 Å². The van der Waals surface area contributed by atoms with Crippen molar-refractivity contribution in [1.29, 1.82) is 0 Å².